The molecule has 4 heterocycles. The number of carbonyl (C=O) groups excluding carboxylic acids is 5. The van der Waals surface area contributed by atoms with Gasteiger partial charge >= 0.3 is 0 Å². The smallest absolute Gasteiger partial charge is 0.264 e. The molecule has 0 spiro atoms. The van der Waals surface area contributed by atoms with E-state index in [1.54, 1.807) is 18.2 Å². The molecule has 204 valence electrons. The van der Waals surface area contributed by atoms with Crippen molar-refractivity contribution >= 4 is 35.2 Å². The first-order valence-electron chi connectivity index (χ1n) is 13.5. The van der Waals surface area contributed by atoms with Crippen LogP contribution in [0.3, 0.4) is 0 Å². The predicted molar refractivity (Wildman–Crippen MR) is 140 cm³/mol. The molecule has 11 heteroatoms. The molecule has 2 saturated heterocycles. The van der Waals surface area contributed by atoms with Crippen LogP contribution < -0.4 is 10.6 Å². The van der Waals surface area contributed by atoms with Crippen LogP contribution in [-0.4, -0.2) is 68.2 Å². The molecule has 3 fully saturated rings. The number of fused-ring (bicyclic) bond motifs is 1. The van der Waals surface area contributed by atoms with Crippen LogP contribution in [0, 0.1) is 19.3 Å². The first-order chi connectivity index (χ1) is 18.6. The molecule has 0 bridgehead atoms. The van der Waals surface area contributed by atoms with Crippen molar-refractivity contribution < 1.29 is 24.0 Å². The van der Waals surface area contributed by atoms with Crippen molar-refractivity contribution in [2.24, 2.45) is 5.41 Å². The average molecular weight is 533 g/mol. The highest BCUT2D eigenvalue weighted by Gasteiger charge is 2.47. The number of rotatable bonds is 6. The molecule has 1 aromatic heterocycles. The van der Waals surface area contributed by atoms with Gasteiger partial charge in [-0.1, -0.05) is 19.4 Å². The largest absolute Gasteiger partial charge is 0.380 e. The van der Waals surface area contributed by atoms with E-state index in [4.69, 9.17) is 5.10 Å². The zero-order valence-electron chi connectivity index (χ0n) is 22.4. The fourth-order valence-electron chi connectivity index (χ4n) is 6.23. The van der Waals surface area contributed by atoms with E-state index in [0.29, 0.717) is 25.3 Å². The first-order valence-corrected chi connectivity index (χ1v) is 13.5. The van der Waals surface area contributed by atoms with Gasteiger partial charge in [0.25, 0.3) is 11.8 Å². The molecule has 11 nitrogen and oxygen atoms in total. The van der Waals surface area contributed by atoms with Crippen LogP contribution in [0.2, 0.25) is 0 Å². The summed E-state index contributed by atoms with van der Waals surface area (Å²) in [5.74, 6) is -1.87. The fraction of sp³-hybridized carbons (Fsp3) is 0.500. The maximum absolute atomic E-state index is 13.4. The van der Waals surface area contributed by atoms with Crippen molar-refractivity contribution in [3.05, 3.63) is 46.3 Å². The van der Waals surface area contributed by atoms with Gasteiger partial charge in [0.05, 0.1) is 22.9 Å². The molecule has 1 saturated carbocycles. The Morgan fingerprint density at radius 1 is 1.13 bits per heavy atom. The van der Waals surface area contributed by atoms with E-state index < -0.39 is 29.7 Å². The lowest BCUT2D eigenvalue weighted by Gasteiger charge is -2.47. The quantitative estimate of drug-likeness (QED) is 0.544. The number of carbonyl (C=O) groups is 5. The summed E-state index contributed by atoms with van der Waals surface area (Å²) in [6, 6.07) is 4.14. The van der Waals surface area contributed by atoms with E-state index in [0.717, 1.165) is 41.1 Å². The van der Waals surface area contributed by atoms with Crippen molar-refractivity contribution in [1.82, 2.24) is 24.9 Å². The molecule has 1 aromatic carbocycles. The van der Waals surface area contributed by atoms with E-state index in [-0.39, 0.29) is 41.3 Å². The Morgan fingerprint density at radius 3 is 2.54 bits per heavy atom. The van der Waals surface area contributed by atoms with Gasteiger partial charge in [0.1, 0.15) is 6.04 Å². The number of amides is 5. The van der Waals surface area contributed by atoms with Gasteiger partial charge in [-0.25, -0.2) is 0 Å². The van der Waals surface area contributed by atoms with E-state index in [1.807, 2.05) is 23.4 Å². The SMILES string of the molecule is Cc1nn(C2CN(C(=O)C3(C)CCC3)C2)c(C)c1CNc1cccc2c1C(=O)N(C1CCC(=O)NC1=O)C2=O. The van der Waals surface area contributed by atoms with Gasteiger partial charge in [0.2, 0.25) is 17.7 Å². The Morgan fingerprint density at radius 2 is 1.87 bits per heavy atom. The minimum absolute atomic E-state index is 0.0731. The zero-order chi connectivity index (χ0) is 27.6. The van der Waals surface area contributed by atoms with Gasteiger partial charge in [-0.15, -0.1) is 0 Å². The van der Waals surface area contributed by atoms with Crippen LogP contribution in [0.4, 0.5) is 5.69 Å². The van der Waals surface area contributed by atoms with Gasteiger partial charge < -0.3 is 10.2 Å². The van der Waals surface area contributed by atoms with Crippen molar-refractivity contribution in [2.75, 3.05) is 18.4 Å². The number of likely N-dealkylation sites (tertiary alicyclic amines) is 1. The Balaban J connectivity index is 1.16. The van der Waals surface area contributed by atoms with Gasteiger partial charge in [0.15, 0.2) is 0 Å². The molecule has 2 N–H and O–H groups in total. The number of nitrogens with one attached hydrogen (secondary N) is 2. The van der Waals surface area contributed by atoms with Crippen LogP contribution in [0.15, 0.2) is 18.2 Å². The van der Waals surface area contributed by atoms with E-state index in [2.05, 4.69) is 17.6 Å². The molecule has 0 radical (unpaired) electrons. The molecular formula is C28H32N6O5. The molecular weight excluding hydrogens is 500 g/mol. The molecule has 1 unspecified atom stereocenters. The lowest BCUT2D eigenvalue weighted by molar-refractivity contribution is -0.152. The summed E-state index contributed by atoms with van der Waals surface area (Å²) in [7, 11) is 0. The first kappa shape index (κ1) is 25.3. The third kappa shape index (κ3) is 3.93. The number of anilines is 1. The minimum atomic E-state index is -1.01. The van der Waals surface area contributed by atoms with Gasteiger partial charge in [0, 0.05) is 48.4 Å². The van der Waals surface area contributed by atoms with E-state index in [9.17, 15) is 24.0 Å². The van der Waals surface area contributed by atoms with E-state index in [1.165, 1.54) is 0 Å². The second-order valence-corrected chi connectivity index (χ2v) is 11.4. The molecule has 39 heavy (non-hydrogen) atoms. The molecule has 1 aliphatic carbocycles. The third-order valence-electron chi connectivity index (χ3n) is 8.87. The number of hydrogen-bond donors (Lipinski definition) is 2. The standard InChI is InChI=1S/C28H32N6O5/c1-15-19(16(2)34(31-15)17-13-32(14-17)27(39)28(3)10-5-11-28)12-29-20-7-4-6-18-23(20)26(38)33(25(18)37)21-8-9-22(35)30-24(21)36/h4,6-7,17,21,29H,5,8-14H2,1-3H3,(H,30,35,36). The monoisotopic (exact) mass is 532 g/mol. The van der Waals surface area contributed by atoms with Crippen molar-refractivity contribution in [3.63, 3.8) is 0 Å². The zero-order valence-corrected chi connectivity index (χ0v) is 22.4. The maximum Gasteiger partial charge on any atom is 0.264 e. The maximum atomic E-state index is 13.4. The minimum Gasteiger partial charge on any atom is -0.380 e. The molecule has 1 atom stereocenters. The number of piperidine rings is 1. The Labute approximate surface area is 225 Å². The molecule has 2 aromatic rings. The molecule has 4 aliphatic rings. The highest BCUT2D eigenvalue weighted by molar-refractivity contribution is 6.25. The number of imide groups is 2. The predicted octanol–water partition coefficient (Wildman–Crippen LogP) is 2.09. The van der Waals surface area contributed by atoms with Crippen LogP contribution in [0.25, 0.3) is 0 Å². The number of aryl methyl sites for hydroxylation is 1. The second kappa shape index (κ2) is 9.03. The summed E-state index contributed by atoms with van der Waals surface area (Å²) < 4.78 is 1.99. The van der Waals surface area contributed by atoms with Crippen molar-refractivity contribution in [1.29, 1.82) is 0 Å². The summed E-state index contributed by atoms with van der Waals surface area (Å²) in [5, 5.41) is 10.3. The lowest BCUT2D eigenvalue weighted by Crippen LogP contribution is -2.56. The topological polar surface area (TPSA) is 134 Å². The van der Waals surface area contributed by atoms with E-state index >= 15 is 0 Å². The van der Waals surface area contributed by atoms with Crippen molar-refractivity contribution in [3.8, 4) is 0 Å². The molecule has 6 rings (SSSR count). The highest BCUT2D eigenvalue weighted by atomic mass is 16.2. The Hall–Kier alpha value is -4.02. The summed E-state index contributed by atoms with van der Waals surface area (Å²) in [6.07, 6.45) is 3.23. The number of nitrogens with zero attached hydrogens (tertiary/aromatic N) is 4. The average Bonchev–Trinajstić information content (AvgIpc) is 3.27. The molecule has 3 aliphatic heterocycles. The molecule has 5 amide bonds. The number of aromatic nitrogens is 2. The number of hydrogen-bond acceptors (Lipinski definition) is 7. The summed E-state index contributed by atoms with van der Waals surface area (Å²) in [6.45, 7) is 7.70. The van der Waals surface area contributed by atoms with Crippen LogP contribution in [0.1, 0.15) is 82.7 Å². The Kier molecular flexibility index (Phi) is 5.85. The van der Waals surface area contributed by atoms with Gasteiger partial charge in [-0.2, -0.15) is 5.10 Å². The summed E-state index contributed by atoms with van der Waals surface area (Å²) in [4.78, 5) is 66.2. The van der Waals surface area contributed by atoms with Gasteiger partial charge in [-0.3, -0.25) is 38.9 Å². The van der Waals surface area contributed by atoms with Crippen LogP contribution in [-0.2, 0) is 20.9 Å². The lowest BCUT2D eigenvalue weighted by atomic mass is 9.69. The fourth-order valence-corrected chi connectivity index (χ4v) is 6.23. The van der Waals surface area contributed by atoms with Gasteiger partial charge in [-0.05, 0) is 45.2 Å². The summed E-state index contributed by atoms with van der Waals surface area (Å²) in [5.41, 5.74) is 3.61. The third-order valence-corrected chi connectivity index (χ3v) is 8.87. The summed E-state index contributed by atoms with van der Waals surface area (Å²) >= 11 is 0. The van der Waals surface area contributed by atoms with Crippen molar-refractivity contribution in [2.45, 2.75) is 71.5 Å². The van der Waals surface area contributed by atoms with Crippen LogP contribution in [0.5, 0.6) is 0 Å². The highest BCUT2D eigenvalue weighted by Crippen LogP contribution is 2.43. The Bertz CT molecular complexity index is 1430. The van der Waals surface area contributed by atoms with Crippen LogP contribution >= 0.6 is 0 Å². The number of benzene rings is 1. The second-order valence-electron chi connectivity index (χ2n) is 11.4. The normalized spacial score (nSPS) is 22.4.